The minimum absolute atomic E-state index is 0.0273. The number of hydrazone groups is 1. The Balaban J connectivity index is 1.47. The summed E-state index contributed by atoms with van der Waals surface area (Å²) in [5.74, 6) is 0.498. The van der Waals surface area contributed by atoms with E-state index >= 15 is 0 Å². The maximum Gasteiger partial charge on any atom is 0.266 e. The van der Waals surface area contributed by atoms with Gasteiger partial charge in [0.2, 0.25) is 0 Å². The average Bonchev–Trinajstić information content (AvgIpc) is 2.88. The van der Waals surface area contributed by atoms with Gasteiger partial charge < -0.3 is 4.74 Å². The quantitative estimate of drug-likeness (QED) is 0.148. The number of nitrogens with zero attached hydrogens (tertiary/aromatic N) is 3. The van der Waals surface area contributed by atoms with E-state index in [-0.39, 0.29) is 17.2 Å². The van der Waals surface area contributed by atoms with Crippen LogP contribution in [0.3, 0.4) is 0 Å². The molecular formula is C26H23ClN4O3S. The van der Waals surface area contributed by atoms with Crippen LogP contribution in [0.25, 0.3) is 16.6 Å². The van der Waals surface area contributed by atoms with Crippen LogP contribution in [0.2, 0.25) is 5.02 Å². The first kappa shape index (κ1) is 24.5. The molecule has 1 N–H and O–H groups in total. The Morgan fingerprint density at radius 3 is 2.60 bits per heavy atom. The number of carbonyl (C=O) groups excluding carboxylic acids is 1. The van der Waals surface area contributed by atoms with Gasteiger partial charge in [0.05, 0.1) is 35.2 Å². The van der Waals surface area contributed by atoms with Gasteiger partial charge in [-0.05, 0) is 72.6 Å². The largest absolute Gasteiger partial charge is 0.494 e. The van der Waals surface area contributed by atoms with Crippen LogP contribution in [0.15, 0.2) is 87.8 Å². The molecule has 9 heteroatoms. The van der Waals surface area contributed by atoms with Crippen LogP contribution < -0.4 is 15.7 Å². The van der Waals surface area contributed by atoms with Crippen molar-refractivity contribution in [1.82, 2.24) is 15.0 Å². The van der Waals surface area contributed by atoms with Gasteiger partial charge >= 0.3 is 0 Å². The zero-order chi connectivity index (χ0) is 24.6. The fourth-order valence-corrected chi connectivity index (χ4v) is 4.17. The van der Waals surface area contributed by atoms with Crippen molar-refractivity contribution in [3.05, 3.63) is 93.7 Å². The van der Waals surface area contributed by atoms with E-state index in [2.05, 4.69) is 22.4 Å². The maximum atomic E-state index is 13.2. The number of fused-ring (bicyclic) bond motifs is 1. The standard InChI is InChI=1S/C26H23ClN4O3S/c1-2-15-34-21-13-7-18(8-14-21)16-28-30-24(32)17-35-26-29-23-6-4-3-5-22(23)25(33)31(26)20-11-9-19(27)10-12-20/h3-14,16H,2,15,17H2,1H3,(H,30,32)/b28-16+. The third-order valence-electron chi connectivity index (χ3n) is 4.92. The molecule has 1 heterocycles. The molecule has 178 valence electrons. The highest BCUT2D eigenvalue weighted by molar-refractivity contribution is 7.99. The van der Waals surface area contributed by atoms with Crippen molar-refractivity contribution in [3.8, 4) is 11.4 Å². The summed E-state index contributed by atoms with van der Waals surface area (Å²) >= 11 is 7.17. The molecule has 1 amide bonds. The number of thioether (sulfide) groups is 1. The summed E-state index contributed by atoms with van der Waals surface area (Å²) in [5, 5.41) is 5.47. The highest BCUT2D eigenvalue weighted by Gasteiger charge is 2.14. The molecule has 0 saturated heterocycles. The van der Waals surface area contributed by atoms with Crippen molar-refractivity contribution < 1.29 is 9.53 Å². The second-order valence-electron chi connectivity index (χ2n) is 7.53. The number of benzene rings is 3. The number of ether oxygens (including phenoxy) is 1. The van der Waals surface area contributed by atoms with Gasteiger partial charge in [0.25, 0.3) is 11.5 Å². The Hall–Kier alpha value is -3.62. The zero-order valence-electron chi connectivity index (χ0n) is 19.0. The smallest absolute Gasteiger partial charge is 0.266 e. The molecule has 35 heavy (non-hydrogen) atoms. The Morgan fingerprint density at radius 1 is 1.11 bits per heavy atom. The minimum atomic E-state index is -0.320. The van der Waals surface area contributed by atoms with Crippen LogP contribution in [-0.4, -0.2) is 34.0 Å². The molecule has 0 saturated carbocycles. The van der Waals surface area contributed by atoms with Crippen LogP contribution in [0, 0.1) is 0 Å². The lowest BCUT2D eigenvalue weighted by Crippen LogP contribution is -2.24. The Morgan fingerprint density at radius 2 is 1.86 bits per heavy atom. The molecule has 0 aliphatic heterocycles. The van der Waals surface area contributed by atoms with Gasteiger partial charge in [-0.3, -0.25) is 14.2 Å². The molecular weight excluding hydrogens is 484 g/mol. The topological polar surface area (TPSA) is 85.6 Å². The molecule has 0 aliphatic rings. The van der Waals surface area contributed by atoms with Gasteiger partial charge in [-0.25, -0.2) is 10.4 Å². The van der Waals surface area contributed by atoms with E-state index in [1.54, 1.807) is 48.7 Å². The van der Waals surface area contributed by atoms with Gasteiger partial charge in [0, 0.05) is 5.02 Å². The van der Waals surface area contributed by atoms with Crippen LogP contribution in [0.5, 0.6) is 5.75 Å². The molecule has 0 aliphatic carbocycles. The number of amides is 1. The number of carbonyl (C=O) groups is 1. The van der Waals surface area contributed by atoms with E-state index in [9.17, 15) is 9.59 Å². The van der Waals surface area contributed by atoms with Crippen molar-refractivity contribution >= 4 is 46.4 Å². The van der Waals surface area contributed by atoms with E-state index in [4.69, 9.17) is 16.3 Å². The number of para-hydroxylation sites is 1. The summed E-state index contributed by atoms with van der Waals surface area (Å²) in [6, 6.07) is 21.4. The molecule has 1 aromatic heterocycles. The Kier molecular flexibility index (Phi) is 8.18. The second kappa shape index (κ2) is 11.7. The van der Waals surface area contributed by atoms with Crippen LogP contribution in [-0.2, 0) is 4.79 Å². The normalized spacial score (nSPS) is 11.1. The first-order valence-electron chi connectivity index (χ1n) is 11.0. The molecule has 7 nitrogen and oxygen atoms in total. The average molecular weight is 507 g/mol. The first-order chi connectivity index (χ1) is 17.0. The minimum Gasteiger partial charge on any atom is -0.494 e. The molecule has 0 spiro atoms. The zero-order valence-corrected chi connectivity index (χ0v) is 20.6. The molecule has 0 atom stereocenters. The van der Waals surface area contributed by atoms with Gasteiger partial charge in [0.1, 0.15) is 5.75 Å². The number of rotatable bonds is 9. The van der Waals surface area contributed by atoms with Crippen molar-refractivity contribution in [2.75, 3.05) is 12.4 Å². The predicted octanol–water partition coefficient (Wildman–Crippen LogP) is 5.07. The van der Waals surface area contributed by atoms with Gasteiger partial charge in [-0.15, -0.1) is 0 Å². The summed E-state index contributed by atoms with van der Waals surface area (Å²) in [5.41, 5.74) is 4.31. The summed E-state index contributed by atoms with van der Waals surface area (Å²) in [7, 11) is 0. The first-order valence-corrected chi connectivity index (χ1v) is 12.4. The molecule has 3 aromatic carbocycles. The Bertz CT molecular complexity index is 1400. The number of halogens is 1. The molecule has 4 rings (SSSR count). The highest BCUT2D eigenvalue weighted by Crippen LogP contribution is 2.22. The van der Waals surface area contributed by atoms with E-state index < -0.39 is 0 Å². The van der Waals surface area contributed by atoms with E-state index in [0.717, 1.165) is 29.5 Å². The van der Waals surface area contributed by atoms with Crippen LogP contribution >= 0.6 is 23.4 Å². The summed E-state index contributed by atoms with van der Waals surface area (Å²) in [4.78, 5) is 30.3. The number of aromatic nitrogens is 2. The SMILES string of the molecule is CCCOc1ccc(/C=N/NC(=O)CSc2nc3ccccc3c(=O)n2-c2ccc(Cl)cc2)cc1. The summed E-state index contributed by atoms with van der Waals surface area (Å²) in [6.07, 6.45) is 2.50. The number of hydrogen-bond donors (Lipinski definition) is 1. The fourth-order valence-electron chi connectivity index (χ4n) is 3.24. The van der Waals surface area contributed by atoms with Gasteiger partial charge in [-0.2, -0.15) is 5.10 Å². The lowest BCUT2D eigenvalue weighted by molar-refractivity contribution is -0.118. The highest BCUT2D eigenvalue weighted by atomic mass is 35.5. The van der Waals surface area contributed by atoms with Crippen LogP contribution in [0.1, 0.15) is 18.9 Å². The molecule has 0 unspecified atom stereocenters. The predicted molar refractivity (Wildman–Crippen MR) is 141 cm³/mol. The lowest BCUT2D eigenvalue weighted by Gasteiger charge is -2.13. The monoisotopic (exact) mass is 506 g/mol. The fraction of sp³-hybridized carbons (Fsp3) is 0.154. The van der Waals surface area contributed by atoms with Crippen molar-refractivity contribution in [3.63, 3.8) is 0 Å². The molecule has 0 radical (unpaired) electrons. The molecule has 0 bridgehead atoms. The Labute approximate surface area is 211 Å². The van der Waals surface area contributed by atoms with E-state index in [0.29, 0.717) is 33.4 Å². The summed E-state index contributed by atoms with van der Waals surface area (Å²) < 4.78 is 7.04. The van der Waals surface area contributed by atoms with Crippen molar-refractivity contribution in [2.24, 2.45) is 5.10 Å². The molecule has 4 aromatic rings. The lowest BCUT2D eigenvalue weighted by atomic mass is 10.2. The van der Waals surface area contributed by atoms with Gasteiger partial charge in [0.15, 0.2) is 5.16 Å². The second-order valence-corrected chi connectivity index (χ2v) is 8.91. The third kappa shape index (κ3) is 6.29. The summed E-state index contributed by atoms with van der Waals surface area (Å²) in [6.45, 7) is 2.72. The third-order valence-corrected chi connectivity index (χ3v) is 6.11. The molecule has 0 fully saturated rings. The van der Waals surface area contributed by atoms with Gasteiger partial charge in [-0.1, -0.05) is 42.4 Å². The van der Waals surface area contributed by atoms with E-state index in [1.807, 2.05) is 30.3 Å². The van der Waals surface area contributed by atoms with E-state index in [1.165, 1.54) is 4.57 Å². The number of nitrogens with one attached hydrogen (secondary N) is 1. The van der Waals surface area contributed by atoms with Crippen molar-refractivity contribution in [2.45, 2.75) is 18.5 Å². The van der Waals surface area contributed by atoms with Crippen molar-refractivity contribution in [1.29, 1.82) is 0 Å². The maximum absolute atomic E-state index is 13.2. The number of hydrogen-bond acceptors (Lipinski definition) is 6. The van der Waals surface area contributed by atoms with Crippen LogP contribution in [0.4, 0.5) is 0 Å².